The second-order valence-electron chi connectivity index (χ2n) is 8.40. The molecule has 0 N–H and O–H groups in total. The van der Waals surface area contributed by atoms with Crippen molar-refractivity contribution in [3.63, 3.8) is 0 Å². The van der Waals surface area contributed by atoms with Gasteiger partial charge in [-0.3, -0.25) is 0 Å². The molecule has 0 bridgehead atoms. The Morgan fingerprint density at radius 3 is 1.22 bits per heavy atom. The number of fused-ring (bicyclic) bond motifs is 2. The topological polar surface area (TPSA) is 0 Å². The molecule has 0 heterocycles. The van der Waals surface area contributed by atoms with E-state index in [0.29, 0.717) is 0 Å². The Bertz CT molecular complexity index is 1370. The van der Waals surface area contributed by atoms with Gasteiger partial charge in [0.25, 0.3) is 0 Å². The molecule has 36 heavy (non-hydrogen) atoms. The molecule has 0 nitrogen and oxygen atoms in total. The Labute approximate surface area is 242 Å². The van der Waals surface area contributed by atoms with Crippen molar-refractivity contribution in [1.82, 2.24) is 0 Å². The van der Waals surface area contributed by atoms with Crippen molar-refractivity contribution in [1.29, 1.82) is 0 Å². The van der Waals surface area contributed by atoms with Crippen LogP contribution >= 0.6 is 24.8 Å². The predicted octanol–water partition coefficient (Wildman–Crippen LogP) is 10.1. The van der Waals surface area contributed by atoms with E-state index >= 15 is 0 Å². The molecule has 180 valence electrons. The summed E-state index contributed by atoms with van der Waals surface area (Å²) in [6.45, 7) is 4.66. The first kappa shape index (κ1) is 30.0. The van der Waals surface area contributed by atoms with Crippen LogP contribution in [0.2, 0.25) is 13.1 Å². The molecule has 6 rings (SSSR count). The minimum atomic E-state index is 0. The first-order valence-electron chi connectivity index (χ1n) is 11.5. The van der Waals surface area contributed by atoms with Gasteiger partial charge in [0.15, 0.2) is 0 Å². The zero-order chi connectivity index (χ0) is 23.8. The Balaban J connectivity index is 0.000000211. The van der Waals surface area contributed by atoms with Gasteiger partial charge in [0.1, 0.15) is 0 Å². The molecule has 0 saturated heterocycles. The van der Waals surface area contributed by atoms with Crippen LogP contribution in [-0.2, 0) is 23.0 Å². The van der Waals surface area contributed by atoms with Gasteiger partial charge in [-0.05, 0) is 11.1 Å². The van der Waals surface area contributed by atoms with Crippen LogP contribution in [0.15, 0.2) is 133 Å². The maximum absolute atomic E-state index is 2.33. The zero-order valence-corrected chi connectivity index (χ0v) is 26.7. The third-order valence-corrected chi connectivity index (χ3v) is 5.53. The van der Waals surface area contributed by atoms with Gasteiger partial charge in [-0.2, -0.15) is 24.3 Å². The minimum Gasteiger partial charge on any atom is -0.168 e. The summed E-state index contributed by atoms with van der Waals surface area (Å²) < 4.78 is 0. The van der Waals surface area contributed by atoms with E-state index in [1.807, 2.05) is 0 Å². The molecule has 0 saturated carbocycles. The first-order valence-corrected chi connectivity index (χ1v) is 19.4. The average molecular weight is 692 g/mol. The number of hydrogen-bond acceptors (Lipinski definition) is 0. The molecule has 6 aromatic rings. The summed E-state index contributed by atoms with van der Waals surface area (Å²) in [5, 5.41) is 5.31. The summed E-state index contributed by atoms with van der Waals surface area (Å²) in [6, 6.07) is 46.8. The molecule has 0 atom stereocenters. The predicted molar refractivity (Wildman–Crippen MR) is 162 cm³/mol. The van der Waals surface area contributed by atoms with Crippen LogP contribution in [0.1, 0.15) is 0 Å². The Hall–Kier alpha value is -2.23. The van der Waals surface area contributed by atoms with Crippen molar-refractivity contribution in [3.8, 4) is 22.3 Å². The molecular weight excluding hydrogens is 662 g/mol. The van der Waals surface area contributed by atoms with Crippen LogP contribution in [0.25, 0.3) is 43.8 Å². The van der Waals surface area contributed by atoms with Crippen molar-refractivity contribution in [2.75, 3.05) is 0 Å². The number of hydrogen-bond donors (Lipinski definition) is 0. The fraction of sp³-hybridized carbons (Fsp3) is 0.0625. The van der Waals surface area contributed by atoms with E-state index in [1.165, 1.54) is 66.8 Å². The third kappa shape index (κ3) is 7.88. The van der Waals surface area contributed by atoms with Crippen molar-refractivity contribution in [3.05, 3.63) is 133 Å². The van der Waals surface area contributed by atoms with Gasteiger partial charge in [0.05, 0.1) is 0 Å². The normalized spacial score (nSPS) is 9.67. The van der Waals surface area contributed by atoms with Gasteiger partial charge in [-0.15, -0.1) is 82.8 Å². The van der Waals surface area contributed by atoms with Gasteiger partial charge in [0.2, 0.25) is 0 Å². The summed E-state index contributed by atoms with van der Waals surface area (Å²) in [7, 11) is 0. The fourth-order valence-corrected chi connectivity index (χ4v) is 4.06. The van der Waals surface area contributed by atoms with Crippen molar-refractivity contribution in [2.45, 2.75) is 13.1 Å². The summed E-state index contributed by atoms with van der Waals surface area (Å²) in [6.07, 6.45) is 0. The largest absolute Gasteiger partial charge is 0.168 e. The van der Waals surface area contributed by atoms with Gasteiger partial charge >= 0.3 is 41.6 Å². The Kier molecular flexibility index (Phi) is 12.6. The van der Waals surface area contributed by atoms with E-state index in [4.69, 9.17) is 0 Å². The van der Waals surface area contributed by atoms with Crippen LogP contribution in [0, 0.1) is 0 Å². The van der Waals surface area contributed by atoms with Crippen molar-refractivity contribution >= 4 is 51.9 Å². The first-order chi connectivity index (χ1) is 16.6. The summed E-state index contributed by atoms with van der Waals surface area (Å²) in [4.78, 5) is 0. The SMILES string of the molecule is C[Si](C)=[Hf+2].Cl.Cl.c1ccc(-c2cccc3[cH-]ccc23)cc1.c1ccc(-c2cccc3[cH-]ccc23)cc1. The molecule has 4 heteroatoms. The Morgan fingerprint density at radius 1 is 0.500 bits per heavy atom. The molecule has 0 radical (unpaired) electrons. The minimum absolute atomic E-state index is 0. The average Bonchev–Trinajstić information content (AvgIpc) is 3.54. The number of halogens is 2. The van der Waals surface area contributed by atoms with E-state index in [-0.39, 0.29) is 30.3 Å². The monoisotopic (exact) mass is 692 g/mol. The molecule has 0 aliphatic heterocycles. The third-order valence-electron chi connectivity index (χ3n) is 5.53. The zero-order valence-electron chi connectivity index (χ0n) is 20.5. The van der Waals surface area contributed by atoms with Gasteiger partial charge in [-0.25, -0.2) is 0 Å². The molecule has 6 aromatic carbocycles. The van der Waals surface area contributed by atoms with E-state index in [1.54, 1.807) is 0 Å². The summed E-state index contributed by atoms with van der Waals surface area (Å²) in [5.74, 6) is 0. The molecular formula is C32H30Cl2HfSi. The molecule has 0 aliphatic carbocycles. The molecule has 0 aromatic heterocycles. The van der Waals surface area contributed by atoms with Crippen molar-refractivity contribution < 1.29 is 23.0 Å². The summed E-state index contributed by atoms with van der Waals surface area (Å²) >= 11 is 1.45. The maximum Gasteiger partial charge on any atom is -0.0279 e. The van der Waals surface area contributed by atoms with Gasteiger partial charge < -0.3 is 0 Å². The van der Waals surface area contributed by atoms with Crippen molar-refractivity contribution in [2.24, 2.45) is 0 Å². The van der Waals surface area contributed by atoms with Crippen LogP contribution in [0.5, 0.6) is 0 Å². The quantitative estimate of drug-likeness (QED) is 0.125. The number of benzene rings is 4. The van der Waals surface area contributed by atoms with Crippen LogP contribution in [-0.4, -0.2) is 5.49 Å². The molecule has 0 spiro atoms. The van der Waals surface area contributed by atoms with Gasteiger partial charge in [0, 0.05) is 0 Å². The molecule has 0 aliphatic rings. The van der Waals surface area contributed by atoms with Gasteiger partial charge in [-0.1, -0.05) is 83.9 Å². The number of rotatable bonds is 2. The second kappa shape index (κ2) is 15.1. The Morgan fingerprint density at radius 2 is 0.861 bits per heavy atom. The van der Waals surface area contributed by atoms with Crippen LogP contribution < -0.4 is 0 Å². The smallest absolute Gasteiger partial charge is 0.0279 e. The van der Waals surface area contributed by atoms with E-state index in [0.717, 1.165) is 0 Å². The molecule has 0 unspecified atom stereocenters. The van der Waals surface area contributed by atoms with Crippen LogP contribution in [0.4, 0.5) is 0 Å². The van der Waals surface area contributed by atoms with E-state index in [2.05, 4.69) is 147 Å². The van der Waals surface area contributed by atoms with E-state index in [9.17, 15) is 0 Å². The standard InChI is InChI=1S/2C15H11.C2H6Si.2ClH.Hf/c2*1-2-6-12(7-3-1)14-10-4-8-13-9-5-11-15(13)14;1-3-2;;;/h2*1-11H;1-2H3;2*1H;/q2*-1;;;;+2. The molecule has 0 fully saturated rings. The molecule has 0 amide bonds. The van der Waals surface area contributed by atoms with Crippen LogP contribution in [0.3, 0.4) is 0 Å². The second-order valence-corrected chi connectivity index (χ2v) is 21.2. The fourth-order valence-electron chi connectivity index (χ4n) is 4.06. The van der Waals surface area contributed by atoms with E-state index < -0.39 is 0 Å². The maximum atomic E-state index is 2.33. The summed E-state index contributed by atoms with van der Waals surface area (Å²) in [5.41, 5.74) is 5.47.